The molecule has 3 unspecified atom stereocenters. The molecule has 5 heteroatoms. The summed E-state index contributed by atoms with van der Waals surface area (Å²) in [6.45, 7) is 2.28. The first kappa shape index (κ1) is 17.2. The second kappa shape index (κ2) is 6.55. The largest absolute Gasteiger partial charge is 0.377 e. The molecular formula is C16H31NO3S. The Labute approximate surface area is 129 Å². The highest BCUT2D eigenvalue weighted by Gasteiger charge is 2.45. The van der Waals surface area contributed by atoms with E-state index in [4.69, 9.17) is 10.5 Å². The van der Waals surface area contributed by atoms with Gasteiger partial charge in [0.15, 0.2) is 0 Å². The zero-order valence-corrected chi connectivity index (χ0v) is 14.5. The number of rotatable bonds is 4. The molecule has 2 N–H and O–H groups in total. The fourth-order valence-corrected chi connectivity index (χ4v) is 5.44. The Bertz CT molecular complexity index is 440. The number of sulfone groups is 1. The van der Waals surface area contributed by atoms with E-state index in [1.165, 1.54) is 6.26 Å². The first-order chi connectivity index (χ1) is 9.78. The van der Waals surface area contributed by atoms with Crippen LogP contribution in [0.4, 0.5) is 0 Å². The van der Waals surface area contributed by atoms with Crippen molar-refractivity contribution in [2.45, 2.75) is 75.2 Å². The molecule has 124 valence electrons. The summed E-state index contributed by atoms with van der Waals surface area (Å²) in [5, 5.41) is -0.210. The Morgan fingerprint density at radius 1 is 1.19 bits per heavy atom. The number of hydrogen-bond donors (Lipinski definition) is 1. The highest BCUT2D eigenvalue weighted by Crippen LogP contribution is 2.41. The molecule has 0 aromatic carbocycles. The molecule has 0 heterocycles. The zero-order chi connectivity index (χ0) is 15.7. The fourth-order valence-electron chi connectivity index (χ4n) is 4.25. The average Bonchev–Trinajstić information content (AvgIpc) is 2.47. The van der Waals surface area contributed by atoms with Crippen molar-refractivity contribution in [2.24, 2.45) is 17.6 Å². The van der Waals surface area contributed by atoms with Gasteiger partial charge in [-0.2, -0.15) is 0 Å². The molecule has 0 aliphatic heterocycles. The summed E-state index contributed by atoms with van der Waals surface area (Å²) in [7, 11) is -1.18. The van der Waals surface area contributed by atoms with E-state index >= 15 is 0 Å². The van der Waals surface area contributed by atoms with Crippen molar-refractivity contribution in [3.05, 3.63) is 0 Å². The number of methoxy groups -OCH3 is 1. The van der Waals surface area contributed by atoms with E-state index in [2.05, 4.69) is 6.92 Å². The molecule has 0 amide bonds. The van der Waals surface area contributed by atoms with Gasteiger partial charge in [0, 0.05) is 19.4 Å². The SMILES string of the molecule is COC1(C(N)C2CCCC(S(C)(=O)=O)C2)CCC(C)CC1. The maximum absolute atomic E-state index is 11.9. The van der Waals surface area contributed by atoms with Crippen LogP contribution in [0.25, 0.3) is 0 Å². The molecule has 0 spiro atoms. The van der Waals surface area contributed by atoms with Gasteiger partial charge >= 0.3 is 0 Å². The Morgan fingerprint density at radius 2 is 1.81 bits per heavy atom. The predicted molar refractivity (Wildman–Crippen MR) is 85.9 cm³/mol. The second-order valence-electron chi connectivity index (χ2n) is 7.36. The fraction of sp³-hybridized carbons (Fsp3) is 1.00. The number of nitrogens with two attached hydrogens (primary N) is 1. The molecule has 0 saturated heterocycles. The third-order valence-electron chi connectivity index (χ3n) is 5.91. The van der Waals surface area contributed by atoms with Gasteiger partial charge in [0.25, 0.3) is 0 Å². The number of hydrogen-bond acceptors (Lipinski definition) is 4. The molecular weight excluding hydrogens is 286 g/mol. The first-order valence-electron chi connectivity index (χ1n) is 8.28. The van der Waals surface area contributed by atoms with Crippen molar-refractivity contribution in [3.8, 4) is 0 Å². The zero-order valence-electron chi connectivity index (χ0n) is 13.7. The van der Waals surface area contributed by atoms with Crippen LogP contribution >= 0.6 is 0 Å². The Kier molecular flexibility index (Phi) is 5.37. The first-order valence-corrected chi connectivity index (χ1v) is 10.2. The smallest absolute Gasteiger partial charge is 0.150 e. The van der Waals surface area contributed by atoms with Gasteiger partial charge in [-0.05, 0) is 56.8 Å². The molecule has 2 saturated carbocycles. The van der Waals surface area contributed by atoms with Crippen LogP contribution in [0.2, 0.25) is 0 Å². The molecule has 2 fully saturated rings. The normalized spacial score (nSPS) is 39.9. The molecule has 2 aliphatic carbocycles. The van der Waals surface area contributed by atoms with Crippen molar-refractivity contribution in [3.63, 3.8) is 0 Å². The van der Waals surface area contributed by atoms with Gasteiger partial charge < -0.3 is 10.5 Å². The molecule has 0 radical (unpaired) electrons. The monoisotopic (exact) mass is 317 g/mol. The third kappa shape index (κ3) is 3.80. The highest BCUT2D eigenvalue weighted by atomic mass is 32.2. The van der Waals surface area contributed by atoms with Crippen LogP contribution in [0.1, 0.15) is 58.3 Å². The van der Waals surface area contributed by atoms with E-state index in [0.29, 0.717) is 6.42 Å². The van der Waals surface area contributed by atoms with Gasteiger partial charge in [0.2, 0.25) is 0 Å². The lowest BCUT2D eigenvalue weighted by molar-refractivity contribution is -0.0815. The molecule has 0 aromatic heterocycles. The Morgan fingerprint density at radius 3 is 2.33 bits per heavy atom. The predicted octanol–water partition coefficient (Wildman–Crippen LogP) is 2.51. The molecule has 4 nitrogen and oxygen atoms in total. The van der Waals surface area contributed by atoms with E-state index in [-0.39, 0.29) is 22.8 Å². The van der Waals surface area contributed by atoms with Crippen LogP contribution < -0.4 is 5.73 Å². The standard InChI is InChI=1S/C16H31NO3S/c1-12-7-9-16(20-2,10-8-12)15(17)13-5-4-6-14(11-13)21(3,18)19/h12-15H,4-11,17H2,1-3H3. The average molecular weight is 317 g/mol. The van der Waals surface area contributed by atoms with Gasteiger partial charge in [-0.3, -0.25) is 0 Å². The molecule has 0 bridgehead atoms. The minimum atomic E-state index is -2.95. The molecule has 0 aromatic rings. The van der Waals surface area contributed by atoms with Gasteiger partial charge in [-0.25, -0.2) is 8.42 Å². The maximum atomic E-state index is 11.9. The number of ether oxygens (including phenoxy) is 1. The van der Waals surface area contributed by atoms with Gasteiger partial charge in [0.1, 0.15) is 9.84 Å². The summed E-state index contributed by atoms with van der Waals surface area (Å²) in [5.41, 5.74) is 6.36. The lowest BCUT2D eigenvalue weighted by Gasteiger charge is -2.46. The van der Waals surface area contributed by atoms with Crippen molar-refractivity contribution in [1.82, 2.24) is 0 Å². The summed E-state index contributed by atoms with van der Waals surface area (Å²) < 4.78 is 29.6. The van der Waals surface area contributed by atoms with E-state index in [1.54, 1.807) is 7.11 Å². The highest BCUT2D eigenvalue weighted by molar-refractivity contribution is 7.91. The van der Waals surface area contributed by atoms with Crippen molar-refractivity contribution >= 4 is 9.84 Å². The molecule has 21 heavy (non-hydrogen) atoms. The third-order valence-corrected chi connectivity index (χ3v) is 7.55. The summed E-state index contributed by atoms with van der Waals surface area (Å²) >= 11 is 0. The van der Waals surface area contributed by atoms with Gasteiger partial charge in [-0.1, -0.05) is 13.3 Å². The Balaban J connectivity index is 2.09. The van der Waals surface area contributed by atoms with Crippen LogP contribution in [0.5, 0.6) is 0 Å². The lowest BCUT2D eigenvalue weighted by Crippen LogP contribution is -2.56. The topological polar surface area (TPSA) is 69.4 Å². The van der Waals surface area contributed by atoms with Crippen LogP contribution in [0, 0.1) is 11.8 Å². The maximum Gasteiger partial charge on any atom is 0.150 e. The molecule has 2 rings (SSSR count). The van der Waals surface area contributed by atoms with E-state index in [0.717, 1.165) is 50.9 Å². The molecule has 3 atom stereocenters. The molecule has 2 aliphatic rings. The van der Waals surface area contributed by atoms with Crippen molar-refractivity contribution in [1.29, 1.82) is 0 Å². The summed E-state index contributed by atoms with van der Waals surface area (Å²) in [4.78, 5) is 0. The summed E-state index contributed by atoms with van der Waals surface area (Å²) in [5.74, 6) is 1.02. The minimum Gasteiger partial charge on any atom is -0.377 e. The van der Waals surface area contributed by atoms with Gasteiger partial charge in [-0.15, -0.1) is 0 Å². The van der Waals surface area contributed by atoms with Crippen LogP contribution in [0.3, 0.4) is 0 Å². The van der Waals surface area contributed by atoms with Crippen LogP contribution in [-0.2, 0) is 14.6 Å². The summed E-state index contributed by atoms with van der Waals surface area (Å²) in [6.07, 6.45) is 9.19. The van der Waals surface area contributed by atoms with Crippen molar-refractivity contribution in [2.75, 3.05) is 13.4 Å². The lowest BCUT2D eigenvalue weighted by atomic mass is 9.69. The summed E-state index contributed by atoms with van der Waals surface area (Å²) in [6, 6.07) is -0.0421. The van der Waals surface area contributed by atoms with Crippen molar-refractivity contribution < 1.29 is 13.2 Å². The van der Waals surface area contributed by atoms with Crippen LogP contribution in [0.15, 0.2) is 0 Å². The van der Waals surface area contributed by atoms with Crippen LogP contribution in [-0.4, -0.2) is 38.7 Å². The van der Waals surface area contributed by atoms with E-state index in [9.17, 15) is 8.42 Å². The van der Waals surface area contributed by atoms with E-state index < -0.39 is 9.84 Å². The Hall–Kier alpha value is -0.130. The van der Waals surface area contributed by atoms with E-state index in [1.807, 2.05) is 0 Å². The van der Waals surface area contributed by atoms with Gasteiger partial charge in [0.05, 0.1) is 10.9 Å². The quantitative estimate of drug-likeness (QED) is 0.865. The second-order valence-corrected chi connectivity index (χ2v) is 9.68. The minimum absolute atomic E-state index is 0.0421.